The van der Waals surface area contributed by atoms with Crippen LogP contribution in [0.2, 0.25) is 0 Å². The largest absolute Gasteiger partial charge is 0.449 e. The Kier molecular flexibility index (Phi) is 3.20. The molecule has 5 heteroatoms. The molecule has 0 fully saturated rings. The molecule has 2 heterocycles. The maximum atomic E-state index is 5.29. The minimum atomic E-state index is 0.711. The van der Waals surface area contributed by atoms with Crippen LogP contribution in [0.25, 0.3) is 22.4 Å². The molecule has 0 radical (unpaired) electrons. The molecular formula is C17H12BrN3O. The van der Waals surface area contributed by atoms with E-state index in [-0.39, 0.29) is 0 Å². The van der Waals surface area contributed by atoms with Gasteiger partial charge in [0.1, 0.15) is 5.82 Å². The molecule has 2 aromatic heterocycles. The lowest BCUT2D eigenvalue weighted by Gasteiger charge is -2.01. The first kappa shape index (κ1) is 13.2. The van der Waals surface area contributed by atoms with E-state index in [1.165, 1.54) is 0 Å². The van der Waals surface area contributed by atoms with E-state index in [1.54, 1.807) is 6.26 Å². The van der Waals surface area contributed by atoms with Crippen LogP contribution in [0, 0.1) is 0 Å². The predicted molar refractivity (Wildman–Crippen MR) is 91.2 cm³/mol. The van der Waals surface area contributed by atoms with Gasteiger partial charge in [0.25, 0.3) is 0 Å². The third kappa shape index (κ3) is 2.51. The fourth-order valence-corrected chi connectivity index (χ4v) is 2.58. The van der Waals surface area contributed by atoms with Crippen molar-refractivity contribution < 1.29 is 4.42 Å². The van der Waals surface area contributed by atoms with Gasteiger partial charge in [0, 0.05) is 21.8 Å². The second-order valence-corrected chi connectivity index (χ2v) is 5.84. The normalized spacial score (nSPS) is 11.0. The summed E-state index contributed by atoms with van der Waals surface area (Å²) >= 11 is 3.44. The number of benzene rings is 2. The molecule has 108 valence electrons. The van der Waals surface area contributed by atoms with Crippen LogP contribution in [0.4, 0.5) is 11.6 Å². The van der Waals surface area contributed by atoms with E-state index >= 15 is 0 Å². The predicted octanol–water partition coefficient (Wildman–Crippen LogP) is 5.33. The van der Waals surface area contributed by atoms with Gasteiger partial charge in [0.2, 0.25) is 0 Å². The van der Waals surface area contributed by atoms with Crippen molar-refractivity contribution in [2.24, 2.45) is 0 Å². The molecule has 0 atom stereocenters. The number of imidazole rings is 1. The zero-order chi connectivity index (χ0) is 14.9. The summed E-state index contributed by atoms with van der Waals surface area (Å²) < 4.78 is 6.34. The highest BCUT2D eigenvalue weighted by molar-refractivity contribution is 9.10. The quantitative estimate of drug-likeness (QED) is 0.523. The number of H-pyrrole nitrogens is 1. The summed E-state index contributed by atoms with van der Waals surface area (Å²) in [6, 6.07) is 17.8. The number of aromatic nitrogens is 2. The molecule has 0 bridgehead atoms. The Hall–Kier alpha value is -2.53. The number of anilines is 2. The van der Waals surface area contributed by atoms with Crippen LogP contribution in [0.1, 0.15) is 0 Å². The monoisotopic (exact) mass is 353 g/mol. The maximum Gasteiger partial charge on any atom is 0.196 e. The summed E-state index contributed by atoms with van der Waals surface area (Å²) in [7, 11) is 0. The minimum Gasteiger partial charge on any atom is -0.449 e. The van der Waals surface area contributed by atoms with Crippen molar-refractivity contribution in [2.75, 3.05) is 5.32 Å². The number of aromatic amines is 1. The Morgan fingerprint density at radius 3 is 2.68 bits per heavy atom. The molecular weight excluding hydrogens is 342 g/mol. The van der Waals surface area contributed by atoms with Crippen molar-refractivity contribution in [1.82, 2.24) is 9.97 Å². The summed E-state index contributed by atoms with van der Waals surface area (Å²) in [6.07, 6.45) is 1.64. The molecule has 4 rings (SSSR count). The number of halogens is 1. The minimum absolute atomic E-state index is 0.711. The van der Waals surface area contributed by atoms with Crippen molar-refractivity contribution in [3.63, 3.8) is 0 Å². The Morgan fingerprint density at radius 2 is 1.91 bits per heavy atom. The van der Waals surface area contributed by atoms with Gasteiger partial charge in [-0.15, -0.1) is 0 Å². The number of hydrogen-bond donors (Lipinski definition) is 2. The highest BCUT2D eigenvalue weighted by Crippen LogP contribution is 2.25. The topological polar surface area (TPSA) is 53.9 Å². The average molecular weight is 354 g/mol. The number of furan rings is 1. The second kappa shape index (κ2) is 5.35. The van der Waals surface area contributed by atoms with Gasteiger partial charge < -0.3 is 14.7 Å². The fraction of sp³-hybridized carbons (Fsp3) is 0. The van der Waals surface area contributed by atoms with Crippen LogP contribution in [-0.2, 0) is 0 Å². The summed E-state index contributed by atoms with van der Waals surface area (Å²) in [5.74, 6) is 1.57. The highest BCUT2D eigenvalue weighted by Gasteiger charge is 2.06. The van der Waals surface area contributed by atoms with Gasteiger partial charge in [-0.2, -0.15) is 0 Å². The van der Waals surface area contributed by atoms with Crippen molar-refractivity contribution in [3.8, 4) is 11.4 Å². The van der Waals surface area contributed by atoms with Gasteiger partial charge in [-0.05, 0) is 36.4 Å². The van der Waals surface area contributed by atoms with Gasteiger partial charge in [0.15, 0.2) is 5.88 Å². The molecule has 0 unspecified atom stereocenters. The first-order valence-corrected chi connectivity index (χ1v) is 7.63. The van der Waals surface area contributed by atoms with E-state index in [9.17, 15) is 0 Å². The third-order valence-corrected chi connectivity index (χ3v) is 3.92. The van der Waals surface area contributed by atoms with Crippen LogP contribution in [0.15, 0.2) is 69.8 Å². The number of nitrogens with one attached hydrogen (secondary N) is 2. The van der Waals surface area contributed by atoms with Crippen molar-refractivity contribution >= 4 is 38.5 Å². The van der Waals surface area contributed by atoms with Crippen molar-refractivity contribution in [1.29, 1.82) is 0 Å². The van der Waals surface area contributed by atoms with Gasteiger partial charge >= 0.3 is 0 Å². The molecule has 0 aliphatic heterocycles. The van der Waals surface area contributed by atoms with E-state index in [2.05, 4.69) is 31.2 Å². The summed E-state index contributed by atoms with van der Waals surface area (Å²) in [5, 5.41) is 3.21. The zero-order valence-electron chi connectivity index (χ0n) is 11.5. The smallest absolute Gasteiger partial charge is 0.196 e. The first-order chi connectivity index (χ1) is 10.8. The number of fused-ring (bicyclic) bond motifs is 1. The fourth-order valence-electron chi connectivity index (χ4n) is 2.32. The van der Waals surface area contributed by atoms with Crippen LogP contribution in [-0.4, -0.2) is 9.97 Å². The Morgan fingerprint density at radius 1 is 1.05 bits per heavy atom. The van der Waals surface area contributed by atoms with E-state index < -0.39 is 0 Å². The molecule has 2 aromatic carbocycles. The average Bonchev–Trinajstić information content (AvgIpc) is 3.17. The van der Waals surface area contributed by atoms with Crippen LogP contribution in [0.3, 0.4) is 0 Å². The lowest BCUT2D eigenvalue weighted by Crippen LogP contribution is -1.87. The summed E-state index contributed by atoms with van der Waals surface area (Å²) in [6.45, 7) is 0. The summed E-state index contributed by atoms with van der Waals surface area (Å²) in [5.41, 5.74) is 3.91. The Bertz CT molecular complexity index is 911. The molecule has 22 heavy (non-hydrogen) atoms. The van der Waals surface area contributed by atoms with Gasteiger partial charge in [-0.3, -0.25) is 0 Å². The SMILES string of the molecule is Brc1ccc(-c2nc3cc(Nc4ccco4)ccc3[nH]2)cc1. The van der Waals surface area contributed by atoms with E-state index in [0.717, 1.165) is 32.6 Å². The van der Waals surface area contributed by atoms with Crippen LogP contribution < -0.4 is 5.32 Å². The van der Waals surface area contributed by atoms with Gasteiger partial charge in [0.05, 0.1) is 17.3 Å². The van der Waals surface area contributed by atoms with Gasteiger partial charge in [-0.1, -0.05) is 28.1 Å². The molecule has 0 saturated carbocycles. The van der Waals surface area contributed by atoms with Gasteiger partial charge in [-0.25, -0.2) is 4.98 Å². The van der Waals surface area contributed by atoms with Crippen molar-refractivity contribution in [2.45, 2.75) is 0 Å². The number of rotatable bonds is 3. The second-order valence-electron chi connectivity index (χ2n) is 4.93. The van der Waals surface area contributed by atoms with Crippen LogP contribution in [0.5, 0.6) is 0 Å². The molecule has 4 aromatic rings. The molecule has 0 amide bonds. The number of nitrogens with zero attached hydrogens (tertiary/aromatic N) is 1. The van der Waals surface area contributed by atoms with E-state index in [1.807, 2.05) is 54.6 Å². The Labute approximate surface area is 135 Å². The summed E-state index contributed by atoms with van der Waals surface area (Å²) in [4.78, 5) is 8.00. The lowest BCUT2D eigenvalue weighted by atomic mass is 10.2. The number of hydrogen-bond acceptors (Lipinski definition) is 3. The highest BCUT2D eigenvalue weighted by atomic mass is 79.9. The van der Waals surface area contributed by atoms with Crippen LogP contribution >= 0.6 is 15.9 Å². The Balaban J connectivity index is 1.70. The molecule has 4 nitrogen and oxygen atoms in total. The van der Waals surface area contributed by atoms with Crippen molar-refractivity contribution in [3.05, 3.63) is 65.3 Å². The zero-order valence-corrected chi connectivity index (χ0v) is 13.1. The molecule has 0 spiro atoms. The maximum absolute atomic E-state index is 5.29. The molecule has 0 aliphatic carbocycles. The third-order valence-electron chi connectivity index (χ3n) is 3.39. The standard InChI is InChI=1S/C17H12BrN3O/c18-12-5-3-11(4-6-12)17-20-14-8-7-13(10-15(14)21-17)19-16-2-1-9-22-16/h1-10,19H,(H,20,21). The molecule has 0 aliphatic rings. The van der Waals surface area contributed by atoms with E-state index in [4.69, 9.17) is 4.42 Å². The first-order valence-electron chi connectivity index (χ1n) is 6.84. The van der Waals surface area contributed by atoms with E-state index in [0.29, 0.717) is 5.88 Å². The molecule has 0 saturated heterocycles. The molecule has 2 N–H and O–H groups in total. The lowest BCUT2D eigenvalue weighted by molar-refractivity contribution is 0.585.